The first-order valence-electron chi connectivity index (χ1n) is 31.6. The Kier molecular flexibility index (Phi) is 14.9. The second-order valence-corrected chi connectivity index (χ2v) is 28.1. The number of hydrogen-bond donors (Lipinski definition) is 0. The van der Waals surface area contributed by atoms with Crippen LogP contribution in [0.2, 0.25) is 0 Å². The molecule has 0 bridgehead atoms. The fourth-order valence-electron chi connectivity index (χ4n) is 16.3. The summed E-state index contributed by atoms with van der Waals surface area (Å²) in [6, 6.07) is 0. The fourth-order valence-corrected chi connectivity index (χ4v) is 17.7. The molecule has 0 amide bonds. The summed E-state index contributed by atoms with van der Waals surface area (Å²) < 4.78 is 12.8. The summed E-state index contributed by atoms with van der Waals surface area (Å²) in [5, 5.41) is 7.94. The number of nitrogens with zero attached hydrogens (tertiary/aromatic N) is 4. The van der Waals surface area contributed by atoms with Crippen LogP contribution in [0, 0.1) is 13.8 Å². The van der Waals surface area contributed by atoms with Gasteiger partial charge in [-0.2, -0.15) is 0 Å². The van der Waals surface area contributed by atoms with Crippen LogP contribution >= 0.6 is 11.3 Å². The molecule has 0 saturated carbocycles. The summed E-state index contributed by atoms with van der Waals surface area (Å²) in [7, 11) is 64.4. The first kappa shape index (κ1) is 61.6. The van der Waals surface area contributed by atoms with E-state index in [2.05, 4.69) is 238 Å². The topological polar surface area (TPSA) is 56.7 Å². The van der Waals surface area contributed by atoms with Gasteiger partial charge in [0.05, 0.1) is 5.52 Å². The average Bonchev–Trinajstić information content (AvgIpc) is 1.60. The van der Waals surface area contributed by atoms with E-state index < -0.39 is 0 Å². The summed E-state index contributed by atoms with van der Waals surface area (Å²) in [4.78, 5) is 16.7. The maximum Gasteiger partial charge on any atom is 0.162 e. The maximum absolute atomic E-state index is 7.56. The number of benzene rings is 8. The Morgan fingerprint density at radius 2 is 0.552 bits per heavy atom. The highest BCUT2D eigenvalue weighted by molar-refractivity contribution is 7.28. The van der Waals surface area contributed by atoms with Crippen molar-refractivity contribution in [1.82, 2.24) is 19.5 Å². The van der Waals surface area contributed by atoms with Gasteiger partial charge in [0, 0.05) is 53.5 Å². The minimum absolute atomic E-state index is 0.733. The van der Waals surface area contributed by atoms with Gasteiger partial charge in [0.25, 0.3) is 0 Å². The third-order valence-electron chi connectivity index (χ3n) is 23.7. The van der Waals surface area contributed by atoms with Gasteiger partial charge in [-0.15, -0.1) is 55.0 Å². The molecule has 12 aromatic rings. The number of hydrogen-bond acceptors (Lipinski definition) is 5. The van der Waals surface area contributed by atoms with Gasteiger partial charge in [0.2, 0.25) is 0 Å². The quantitative estimate of drug-likeness (QED) is 0.161. The molecule has 0 saturated heterocycles. The Morgan fingerprint density at radius 3 is 1.01 bits per heavy atom. The summed E-state index contributed by atoms with van der Waals surface area (Å²) in [5.74, 6) is 2.21. The predicted octanol–water partition coefficient (Wildman–Crippen LogP) is -34.2. The lowest BCUT2D eigenvalue weighted by Gasteiger charge is -2.23. The third kappa shape index (κ3) is 8.14. The molecule has 5 nitrogen and oxygen atoms in total. The monoisotopic (exact) mass is 1110 g/mol. The zero-order chi connectivity index (χ0) is 63.6. The Labute approximate surface area is 543 Å². The first-order chi connectivity index (χ1) is 40.7. The van der Waals surface area contributed by atoms with Crippen LogP contribution < -0.4 is 153 Å². The highest BCUT2D eigenvalue weighted by atomic mass is 32.1. The van der Waals surface area contributed by atoms with Crippen molar-refractivity contribution in [3.8, 4) is 51.0 Å². The molecular formula is C53H62B28N4OS. The van der Waals surface area contributed by atoms with Crippen LogP contribution in [0.15, 0.2) is 4.42 Å². The van der Waals surface area contributed by atoms with Gasteiger partial charge < -0.3 is 8.98 Å². The van der Waals surface area contributed by atoms with E-state index in [1.165, 1.54) is 234 Å². The normalized spacial score (nSPS) is 11.9. The summed E-state index contributed by atoms with van der Waals surface area (Å²) in [6.45, 7) is 4.70. The summed E-state index contributed by atoms with van der Waals surface area (Å²) in [6.07, 6.45) is 0. The maximum atomic E-state index is 7.56. The van der Waals surface area contributed by atoms with Gasteiger partial charge in [-0.25, -0.2) is 15.0 Å². The van der Waals surface area contributed by atoms with Crippen LogP contribution in [0.1, 0.15) is 11.1 Å². The van der Waals surface area contributed by atoms with E-state index in [9.17, 15) is 0 Å². The van der Waals surface area contributed by atoms with Crippen molar-refractivity contribution in [3.05, 3.63) is 11.1 Å². The predicted molar refractivity (Wildman–Crippen MR) is 475 cm³/mol. The summed E-state index contributed by atoms with van der Waals surface area (Å²) >= 11 is 1.94. The second-order valence-electron chi connectivity index (χ2n) is 27.1. The van der Waals surface area contributed by atoms with Gasteiger partial charge in [-0.3, -0.25) is 0 Å². The van der Waals surface area contributed by atoms with E-state index in [0.717, 1.165) is 45.3 Å². The van der Waals surface area contributed by atoms with Crippen molar-refractivity contribution in [2.75, 3.05) is 0 Å². The van der Waals surface area contributed by atoms with E-state index >= 15 is 0 Å². The molecule has 390 valence electrons. The van der Waals surface area contributed by atoms with E-state index in [0.29, 0.717) is 0 Å². The van der Waals surface area contributed by atoms with Gasteiger partial charge in [0.15, 0.2) is 17.5 Å². The molecule has 34 heteroatoms. The minimum atomic E-state index is 0.733. The van der Waals surface area contributed by atoms with E-state index in [4.69, 9.17) is 19.4 Å². The smallest absolute Gasteiger partial charge is 0.162 e. The van der Waals surface area contributed by atoms with Crippen LogP contribution in [0.4, 0.5) is 0 Å². The molecule has 87 heavy (non-hydrogen) atoms. The molecule has 0 spiro atoms. The van der Waals surface area contributed by atoms with Crippen LogP contribution in [0.25, 0.3) is 115 Å². The molecule has 0 aliphatic heterocycles. The van der Waals surface area contributed by atoms with E-state index in [-0.39, 0.29) is 0 Å². The number of aromatic nitrogens is 4. The zero-order valence-electron chi connectivity index (χ0n) is 58.1. The van der Waals surface area contributed by atoms with E-state index in [1.54, 1.807) is 0 Å². The number of furan rings is 1. The van der Waals surface area contributed by atoms with Gasteiger partial charge >= 0.3 is 0 Å². The standard InChI is InChI=1S/C53H62B28N4OS/c1-3-16(54)9-10-22(60)18(56)5(30(68)47(10)86-48(9)43(81)45(3)85-44-4(2)17(55)33(71)20(58)7(44)8-21(59)34(72)41(79)42(80)46(8)85)6-19(57)23(61)11-12-24(62)25(63)15(32(70)50(12)87-49(11)31(6)69)53-83-51(13-26(64)35(73)39(77)36(74)27(13)65)82-52(84-53)14-28(66)37(75)40(78)38(76)29(14)67/h54-81H2,1-2H3. The van der Waals surface area contributed by atoms with Crippen LogP contribution in [-0.4, -0.2) is 239 Å². The highest BCUT2D eigenvalue weighted by Gasteiger charge is 2.32. The molecule has 0 radical (unpaired) electrons. The Bertz CT molecular complexity index is 5080. The average molecular weight is 1110 g/mol. The Hall–Kier alpha value is -5.59. The molecule has 0 unspecified atom stereocenters. The van der Waals surface area contributed by atoms with Crippen molar-refractivity contribution in [3.63, 3.8) is 0 Å². The third-order valence-corrected chi connectivity index (χ3v) is 25.1. The lowest BCUT2D eigenvalue weighted by molar-refractivity contribution is 0.674. The minimum Gasteiger partial charge on any atom is -0.457 e. The number of fused-ring (bicyclic) bond motifs is 9. The number of thiophene rings is 1. The second kappa shape index (κ2) is 21.0. The van der Waals surface area contributed by atoms with Crippen molar-refractivity contribution in [2.24, 2.45) is 0 Å². The Balaban J connectivity index is 1.11. The Morgan fingerprint density at radius 1 is 0.253 bits per heavy atom. The molecule has 0 aliphatic carbocycles. The molecule has 4 heterocycles. The van der Waals surface area contributed by atoms with Gasteiger partial charge in [0.1, 0.15) is 231 Å². The lowest BCUT2D eigenvalue weighted by atomic mass is 9.60. The molecule has 0 atom stereocenters. The van der Waals surface area contributed by atoms with Crippen LogP contribution in [0.5, 0.6) is 0 Å². The largest absolute Gasteiger partial charge is 0.457 e. The van der Waals surface area contributed by atoms with Gasteiger partial charge in [-0.05, 0) is 63.2 Å². The number of aryl methyl sites for hydroxylation is 1. The molecule has 0 aliphatic rings. The fraction of sp³-hybridized carbons (Fsp3) is 0.0377. The first-order valence-corrected chi connectivity index (χ1v) is 32.4. The molecule has 12 rings (SSSR count). The number of rotatable bonds is 5. The molecule has 4 aromatic heterocycles. The highest BCUT2D eigenvalue weighted by Crippen LogP contribution is 2.36. The molecular weight excluding hydrogens is 1040 g/mol. The molecule has 0 fully saturated rings. The van der Waals surface area contributed by atoms with Gasteiger partial charge in [-0.1, -0.05) is 98.3 Å². The summed E-state index contributed by atoms with van der Waals surface area (Å²) in [5.41, 5.74) is 50.6. The SMILES string of the molecule is Bc1c(B)c(B)c(-c2nc(-c3c(B)c(B)c(B)c(B)c3B)nc(-c3c(B)c(B)c4c(sc5c(B)c(-c6c(B)c(B)c7c(oc8c(B)c(-n9c%10c(B)c(B)c(B)c(B)c%10c%10c(B)c(B)c(B)c(C)c%109)c(C)c(B)c87)c6B)c(B)c(B)c54)c3B)n2)c(B)c1B. The van der Waals surface area contributed by atoms with Crippen molar-refractivity contribution >= 4 is 448 Å². The molecule has 8 aromatic carbocycles. The molecule has 0 N–H and O–H groups in total. The van der Waals surface area contributed by atoms with Crippen LogP contribution in [-0.2, 0) is 0 Å². The van der Waals surface area contributed by atoms with Crippen molar-refractivity contribution in [1.29, 1.82) is 0 Å². The van der Waals surface area contributed by atoms with Crippen molar-refractivity contribution < 1.29 is 4.42 Å². The zero-order valence-corrected chi connectivity index (χ0v) is 58.9. The van der Waals surface area contributed by atoms with Crippen molar-refractivity contribution in [2.45, 2.75) is 13.8 Å². The lowest BCUT2D eigenvalue weighted by Crippen LogP contribution is -2.55. The van der Waals surface area contributed by atoms with Crippen LogP contribution in [0.3, 0.4) is 0 Å². The van der Waals surface area contributed by atoms with E-state index in [1.807, 2.05) is 11.3 Å².